The number of aromatic amines is 1. The predicted octanol–water partition coefficient (Wildman–Crippen LogP) is 4.98. The number of thioether (sulfide) groups is 1. The van der Waals surface area contributed by atoms with Crippen molar-refractivity contribution in [1.29, 1.82) is 0 Å². The highest BCUT2D eigenvalue weighted by molar-refractivity contribution is 7.98. The molecule has 1 unspecified atom stereocenters. The number of H-pyrrole nitrogens is 1. The highest BCUT2D eigenvalue weighted by atomic mass is 35.5. The first-order chi connectivity index (χ1) is 13.9. The first-order valence-electron chi connectivity index (χ1n) is 8.67. The second-order valence-electron chi connectivity index (χ2n) is 6.52. The average molecular weight is 450 g/mol. The summed E-state index contributed by atoms with van der Waals surface area (Å²) in [6, 6.07) is 11.1. The topological polar surface area (TPSA) is 74.8 Å². The van der Waals surface area contributed by atoms with Gasteiger partial charge in [-0.25, -0.2) is 9.37 Å². The molecule has 0 saturated heterocycles. The number of rotatable bonds is 4. The van der Waals surface area contributed by atoms with Crippen LogP contribution in [0.4, 0.5) is 10.2 Å². The molecule has 0 saturated carbocycles. The third-order valence-electron chi connectivity index (χ3n) is 4.53. The third kappa shape index (κ3) is 4.32. The molecule has 2 heterocycles. The molecule has 0 spiro atoms. The summed E-state index contributed by atoms with van der Waals surface area (Å²) >= 11 is 13.5. The lowest BCUT2D eigenvalue weighted by molar-refractivity contribution is -0.116. The molecule has 29 heavy (non-hydrogen) atoms. The summed E-state index contributed by atoms with van der Waals surface area (Å²) in [6.07, 6.45) is 0.0783. The molecule has 2 N–H and O–H groups in total. The van der Waals surface area contributed by atoms with Gasteiger partial charge in [-0.15, -0.1) is 0 Å². The Kier molecular flexibility index (Phi) is 5.63. The van der Waals surface area contributed by atoms with Crippen molar-refractivity contribution < 1.29 is 9.18 Å². The van der Waals surface area contributed by atoms with E-state index in [9.17, 15) is 14.0 Å². The van der Waals surface area contributed by atoms with Crippen LogP contribution in [0.1, 0.15) is 29.0 Å². The summed E-state index contributed by atoms with van der Waals surface area (Å²) in [5, 5.41) is 3.85. The van der Waals surface area contributed by atoms with Gasteiger partial charge >= 0.3 is 0 Å². The maximum atomic E-state index is 13.3. The van der Waals surface area contributed by atoms with E-state index in [-0.39, 0.29) is 29.5 Å². The van der Waals surface area contributed by atoms with Crippen LogP contribution in [0.15, 0.2) is 52.4 Å². The summed E-state index contributed by atoms with van der Waals surface area (Å²) < 4.78 is 13.3. The monoisotopic (exact) mass is 449 g/mol. The number of nitrogens with zero attached hydrogens (tertiary/aromatic N) is 1. The SMILES string of the molecule is O=C1CC(c2ccc(Cl)cc2Cl)c2c(nc(SCc3cccc(F)c3)[nH]c2=O)N1. The number of amides is 1. The van der Waals surface area contributed by atoms with Crippen LogP contribution in [0.3, 0.4) is 0 Å². The van der Waals surface area contributed by atoms with E-state index in [1.54, 1.807) is 30.3 Å². The number of benzene rings is 2. The van der Waals surface area contributed by atoms with Crippen LogP contribution in [0.25, 0.3) is 0 Å². The molecule has 5 nitrogen and oxygen atoms in total. The van der Waals surface area contributed by atoms with E-state index in [2.05, 4.69) is 15.3 Å². The Hall–Kier alpha value is -2.35. The van der Waals surface area contributed by atoms with Crippen molar-refractivity contribution in [2.24, 2.45) is 0 Å². The molecule has 0 aliphatic carbocycles. The zero-order valence-corrected chi connectivity index (χ0v) is 17.2. The molecule has 148 valence electrons. The fraction of sp³-hybridized carbons (Fsp3) is 0.150. The number of nitrogens with one attached hydrogen (secondary N) is 2. The quantitative estimate of drug-likeness (QED) is 0.434. The third-order valence-corrected chi connectivity index (χ3v) is 6.04. The number of aromatic nitrogens is 2. The minimum atomic E-state index is -0.526. The van der Waals surface area contributed by atoms with Gasteiger partial charge in [0.1, 0.15) is 11.6 Å². The Morgan fingerprint density at radius 2 is 2.00 bits per heavy atom. The molecular formula is C20H14Cl2FN3O2S. The number of hydrogen-bond donors (Lipinski definition) is 2. The van der Waals surface area contributed by atoms with Crippen molar-refractivity contribution in [2.45, 2.75) is 23.2 Å². The Labute approximate surface area is 179 Å². The van der Waals surface area contributed by atoms with Gasteiger partial charge in [-0.3, -0.25) is 9.59 Å². The minimum Gasteiger partial charge on any atom is -0.310 e. The normalized spacial score (nSPS) is 15.7. The highest BCUT2D eigenvalue weighted by Gasteiger charge is 2.32. The fourth-order valence-electron chi connectivity index (χ4n) is 3.25. The van der Waals surface area contributed by atoms with Crippen LogP contribution in [0.5, 0.6) is 0 Å². The fourth-order valence-corrected chi connectivity index (χ4v) is 4.59. The second kappa shape index (κ2) is 8.18. The number of carbonyl (C=O) groups excluding carboxylic acids is 1. The predicted molar refractivity (Wildman–Crippen MR) is 112 cm³/mol. The zero-order valence-electron chi connectivity index (χ0n) is 14.8. The number of anilines is 1. The largest absolute Gasteiger partial charge is 0.310 e. The lowest BCUT2D eigenvalue weighted by atomic mass is 9.87. The average Bonchev–Trinajstić information content (AvgIpc) is 2.65. The lowest BCUT2D eigenvalue weighted by Crippen LogP contribution is -2.31. The van der Waals surface area contributed by atoms with Crippen LogP contribution in [-0.2, 0) is 10.5 Å². The van der Waals surface area contributed by atoms with Gasteiger partial charge in [0.15, 0.2) is 5.16 Å². The summed E-state index contributed by atoms with van der Waals surface area (Å²) in [4.78, 5) is 32.2. The molecule has 2 aromatic carbocycles. The maximum Gasteiger partial charge on any atom is 0.257 e. The van der Waals surface area contributed by atoms with Gasteiger partial charge in [0.2, 0.25) is 5.91 Å². The van der Waals surface area contributed by atoms with E-state index in [0.29, 0.717) is 32.1 Å². The van der Waals surface area contributed by atoms with E-state index in [1.807, 2.05) is 0 Å². The maximum absolute atomic E-state index is 13.3. The van der Waals surface area contributed by atoms with Gasteiger partial charge in [-0.2, -0.15) is 0 Å². The van der Waals surface area contributed by atoms with Crippen molar-refractivity contribution in [2.75, 3.05) is 5.32 Å². The highest BCUT2D eigenvalue weighted by Crippen LogP contribution is 2.38. The molecule has 0 fully saturated rings. The lowest BCUT2D eigenvalue weighted by Gasteiger charge is -2.25. The Morgan fingerprint density at radius 1 is 1.17 bits per heavy atom. The first-order valence-corrected chi connectivity index (χ1v) is 10.4. The van der Waals surface area contributed by atoms with Gasteiger partial charge < -0.3 is 10.3 Å². The summed E-state index contributed by atoms with van der Waals surface area (Å²) in [7, 11) is 0. The van der Waals surface area contributed by atoms with E-state index >= 15 is 0 Å². The molecule has 0 radical (unpaired) electrons. The zero-order chi connectivity index (χ0) is 20.5. The van der Waals surface area contributed by atoms with E-state index in [4.69, 9.17) is 23.2 Å². The van der Waals surface area contributed by atoms with Gasteiger partial charge in [0, 0.05) is 28.1 Å². The van der Waals surface area contributed by atoms with Gasteiger partial charge in [0.25, 0.3) is 5.56 Å². The first kappa shape index (κ1) is 19.9. The molecule has 1 aliphatic rings. The summed E-state index contributed by atoms with van der Waals surface area (Å²) in [5.41, 5.74) is 1.39. The molecule has 1 amide bonds. The molecule has 1 aliphatic heterocycles. The van der Waals surface area contributed by atoms with Gasteiger partial charge in [-0.1, -0.05) is 53.2 Å². The van der Waals surface area contributed by atoms with E-state index in [1.165, 1.54) is 23.9 Å². The molecule has 0 bridgehead atoms. The number of carbonyl (C=O) groups is 1. The Morgan fingerprint density at radius 3 is 2.76 bits per heavy atom. The molecular weight excluding hydrogens is 436 g/mol. The smallest absolute Gasteiger partial charge is 0.257 e. The van der Waals surface area contributed by atoms with Crippen LogP contribution >= 0.6 is 35.0 Å². The van der Waals surface area contributed by atoms with Crippen LogP contribution < -0.4 is 10.9 Å². The molecule has 1 aromatic heterocycles. The van der Waals surface area contributed by atoms with Crippen molar-refractivity contribution in [3.63, 3.8) is 0 Å². The Balaban J connectivity index is 1.67. The Bertz CT molecular complexity index is 1170. The van der Waals surface area contributed by atoms with E-state index < -0.39 is 5.92 Å². The molecule has 9 heteroatoms. The van der Waals surface area contributed by atoms with Crippen LogP contribution in [-0.4, -0.2) is 15.9 Å². The van der Waals surface area contributed by atoms with Crippen LogP contribution in [0, 0.1) is 5.82 Å². The van der Waals surface area contributed by atoms with Crippen molar-refractivity contribution in [1.82, 2.24) is 9.97 Å². The van der Waals surface area contributed by atoms with Gasteiger partial charge in [-0.05, 0) is 35.4 Å². The summed E-state index contributed by atoms with van der Waals surface area (Å²) in [6.45, 7) is 0. The molecule has 3 aromatic rings. The van der Waals surface area contributed by atoms with Gasteiger partial charge in [0.05, 0.1) is 5.56 Å². The molecule has 4 rings (SSSR count). The standard InChI is InChI=1S/C20H14Cl2FN3O2S/c21-11-4-5-13(15(22)7-11)14-8-16(27)24-18-17(14)19(28)26-20(25-18)29-9-10-2-1-3-12(23)6-10/h1-7,14H,8-9H2,(H2,24,25,26,27,28). The minimum absolute atomic E-state index is 0.0783. The van der Waals surface area contributed by atoms with Crippen molar-refractivity contribution >= 4 is 46.7 Å². The van der Waals surface area contributed by atoms with Crippen molar-refractivity contribution in [3.05, 3.63) is 85.4 Å². The molecule has 1 atom stereocenters. The van der Waals surface area contributed by atoms with Crippen LogP contribution in [0.2, 0.25) is 10.0 Å². The number of hydrogen-bond acceptors (Lipinski definition) is 4. The summed E-state index contributed by atoms with van der Waals surface area (Å²) in [5.74, 6) is -0.484. The second-order valence-corrected chi connectivity index (χ2v) is 8.33. The number of halogens is 3. The number of fused-ring (bicyclic) bond motifs is 1. The van der Waals surface area contributed by atoms with Crippen molar-refractivity contribution in [3.8, 4) is 0 Å². The van der Waals surface area contributed by atoms with E-state index in [0.717, 1.165) is 5.56 Å².